The molecule has 3 nitrogen and oxygen atoms in total. The minimum absolute atomic E-state index is 0.0804. The van der Waals surface area contributed by atoms with E-state index < -0.39 is 0 Å². The highest BCUT2D eigenvalue weighted by molar-refractivity contribution is 5.75. The van der Waals surface area contributed by atoms with Crippen LogP contribution in [-0.4, -0.2) is 5.97 Å². The zero-order chi connectivity index (χ0) is 15.9. The first-order valence-electron chi connectivity index (χ1n) is 7.46. The van der Waals surface area contributed by atoms with Gasteiger partial charge in [-0.2, -0.15) is 5.26 Å². The molecule has 2 aromatic rings. The van der Waals surface area contributed by atoms with Crippen molar-refractivity contribution in [2.75, 3.05) is 0 Å². The highest BCUT2D eigenvalue weighted by Crippen LogP contribution is 2.23. The highest BCUT2D eigenvalue weighted by atomic mass is 16.5. The van der Waals surface area contributed by atoms with Crippen LogP contribution in [0.15, 0.2) is 48.5 Å². The molecule has 0 heterocycles. The predicted molar refractivity (Wildman–Crippen MR) is 86.3 cm³/mol. The van der Waals surface area contributed by atoms with Crippen molar-refractivity contribution in [1.29, 1.82) is 5.26 Å². The number of hydrogen-bond donors (Lipinski definition) is 0. The molecule has 0 saturated heterocycles. The lowest BCUT2D eigenvalue weighted by Gasteiger charge is -2.10. The number of carbonyl (C=O) groups excluding carboxylic acids is 1. The third kappa shape index (κ3) is 3.95. The van der Waals surface area contributed by atoms with Crippen LogP contribution < -0.4 is 4.74 Å². The zero-order valence-corrected chi connectivity index (χ0v) is 12.9. The smallest absolute Gasteiger partial charge is 0.314 e. The van der Waals surface area contributed by atoms with E-state index in [2.05, 4.69) is 13.0 Å². The Morgan fingerprint density at radius 1 is 1.09 bits per heavy atom. The van der Waals surface area contributed by atoms with Crippen LogP contribution in [-0.2, 0) is 4.79 Å². The fraction of sp³-hybridized carbons (Fsp3) is 0.263. The molecule has 1 unspecified atom stereocenters. The fourth-order valence-corrected chi connectivity index (χ4v) is 2.22. The Labute approximate surface area is 131 Å². The molecule has 0 fully saturated rings. The molecule has 2 aromatic carbocycles. The molecule has 0 N–H and O–H groups in total. The van der Waals surface area contributed by atoms with Gasteiger partial charge >= 0.3 is 5.97 Å². The molecule has 0 bridgehead atoms. The molecule has 0 spiro atoms. The highest BCUT2D eigenvalue weighted by Gasteiger charge is 2.14. The first kappa shape index (κ1) is 15.8. The third-order valence-corrected chi connectivity index (χ3v) is 3.54. The second-order valence-corrected chi connectivity index (χ2v) is 5.32. The van der Waals surface area contributed by atoms with Crippen LogP contribution >= 0.6 is 0 Å². The average molecular weight is 293 g/mol. The minimum Gasteiger partial charge on any atom is -0.426 e. The van der Waals surface area contributed by atoms with E-state index >= 15 is 0 Å². The summed E-state index contributed by atoms with van der Waals surface area (Å²) in [5, 5.41) is 8.80. The molecule has 3 heteroatoms. The summed E-state index contributed by atoms with van der Waals surface area (Å²) in [6, 6.07) is 16.9. The first-order valence-corrected chi connectivity index (χ1v) is 7.46. The summed E-state index contributed by atoms with van der Waals surface area (Å²) in [7, 11) is 0. The van der Waals surface area contributed by atoms with E-state index in [1.165, 1.54) is 0 Å². The van der Waals surface area contributed by atoms with E-state index in [-0.39, 0.29) is 11.9 Å². The van der Waals surface area contributed by atoms with Crippen LogP contribution in [0.25, 0.3) is 11.1 Å². The number of rotatable bonds is 5. The number of nitriles is 1. The summed E-state index contributed by atoms with van der Waals surface area (Å²) in [6.45, 7) is 3.94. The van der Waals surface area contributed by atoms with Gasteiger partial charge in [0.15, 0.2) is 0 Å². The number of benzene rings is 2. The molecule has 112 valence electrons. The number of hydrogen-bond acceptors (Lipinski definition) is 3. The zero-order valence-electron chi connectivity index (χ0n) is 12.9. The Morgan fingerprint density at radius 3 is 2.14 bits per heavy atom. The monoisotopic (exact) mass is 293 g/mol. The fourth-order valence-electron chi connectivity index (χ4n) is 2.22. The van der Waals surface area contributed by atoms with Gasteiger partial charge in [-0.15, -0.1) is 0 Å². The predicted octanol–water partition coefficient (Wildman–Crippen LogP) is 4.57. The van der Waals surface area contributed by atoms with Gasteiger partial charge in [0.1, 0.15) is 5.75 Å². The second-order valence-electron chi connectivity index (χ2n) is 5.32. The standard InChI is InChI=1S/C19H19NO2/c1-3-4-14(2)19(21)22-18-11-9-17(10-12-18)16-7-5-15(13-20)6-8-16/h5-12,14H,3-4H2,1-2H3. The number of esters is 1. The Hall–Kier alpha value is -2.60. The topological polar surface area (TPSA) is 50.1 Å². The SMILES string of the molecule is CCCC(C)C(=O)Oc1ccc(-c2ccc(C#N)cc2)cc1. The van der Waals surface area contributed by atoms with Crippen molar-refractivity contribution in [3.63, 3.8) is 0 Å². The maximum absolute atomic E-state index is 11.9. The van der Waals surface area contributed by atoms with Crippen LogP contribution in [0.5, 0.6) is 5.75 Å². The molecule has 2 rings (SSSR count). The Kier molecular flexibility index (Phi) is 5.32. The van der Waals surface area contributed by atoms with Crippen molar-refractivity contribution in [2.24, 2.45) is 5.92 Å². The summed E-state index contributed by atoms with van der Waals surface area (Å²) in [6.07, 6.45) is 1.80. The van der Waals surface area contributed by atoms with Crippen LogP contribution in [0.4, 0.5) is 0 Å². The summed E-state index contributed by atoms with van der Waals surface area (Å²) in [5.74, 6) is 0.293. The maximum atomic E-state index is 11.9. The molecule has 1 atom stereocenters. The first-order chi connectivity index (χ1) is 10.6. The van der Waals surface area contributed by atoms with E-state index in [0.29, 0.717) is 11.3 Å². The van der Waals surface area contributed by atoms with Gasteiger partial charge in [-0.3, -0.25) is 4.79 Å². The van der Waals surface area contributed by atoms with Gasteiger partial charge in [0.25, 0.3) is 0 Å². The minimum atomic E-state index is -0.187. The van der Waals surface area contributed by atoms with Crippen LogP contribution in [0.3, 0.4) is 0 Å². The van der Waals surface area contributed by atoms with E-state index in [4.69, 9.17) is 10.00 Å². The Balaban J connectivity index is 2.06. The van der Waals surface area contributed by atoms with Gasteiger partial charge in [0.2, 0.25) is 0 Å². The van der Waals surface area contributed by atoms with Crippen molar-refractivity contribution in [3.05, 3.63) is 54.1 Å². The van der Waals surface area contributed by atoms with Crippen LogP contribution in [0.1, 0.15) is 32.3 Å². The van der Waals surface area contributed by atoms with Crippen molar-refractivity contribution in [1.82, 2.24) is 0 Å². The molecular formula is C19H19NO2. The average Bonchev–Trinajstić information content (AvgIpc) is 2.56. The molecular weight excluding hydrogens is 274 g/mol. The van der Waals surface area contributed by atoms with Crippen molar-refractivity contribution >= 4 is 5.97 Å². The second kappa shape index (κ2) is 7.42. The van der Waals surface area contributed by atoms with Gasteiger partial charge in [0.05, 0.1) is 17.6 Å². The van der Waals surface area contributed by atoms with E-state index in [0.717, 1.165) is 24.0 Å². The molecule has 0 aliphatic heterocycles. The van der Waals surface area contributed by atoms with Crippen molar-refractivity contribution in [3.8, 4) is 22.9 Å². The normalized spacial score (nSPS) is 11.5. The van der Waals surface area contributed by atoms with E-state index in [1.54, 1.807) is 24.3 Å². The van der Waals surface area contributed by atoms with Crippen molar-refractivity contribution in [2.45, 2.75) is 26.7 Å². The molecule has 0 aromatic heterocycles. The molecule has 0 radical (unpaired) electrons. The van der Waals surface area contributed by atoms with Crippen LogP contribution in [0.2, 0.25) is 0 Å². The Bertz CT molecular complexity index is 666. The van der Waals surface area contributed by atoms with Crippen molar-refractivity contribution < 1.29 is 9.53 Å². The lowest BCUT2D eigenvalue weighted by Crippen LogP contribution is -2.17. The van der Waals surface area contributed by atoms with Gasteiger partial charge in [-0.1, -0.05) is 44.5 Å². The molecule has 22 heavy (non-hydrogen) atoms. The largest absolute Gasteiger partial charge is 0.426 e. The molecule has 0 amide bonds. The van der Waals surface area contributed by atoms with Gasteiger partial charge in [-0.05, 0) is 41.8 Å². The summed E-state index contributed by atoms with van der Waals surface area (Å²) in [5.41, 5.74) is 2.68. The summed E-state index contributed by atoms with van der Waals surface area (Å²) < 4.78 is 5.37. The lowest BCUT2D eigenvalue weighted by molar-refractivity contribution is -0.138. The molecule has 0 saturated carbocycles. The van der Waals surface area contributed by atoms with E-state index in [9.17, 15) is 4.79 Å². The molecule has 0 aliphatic rings. The number of ether oxygens (including phenoxy) is 1. The van der Waals surface area contributed by atoms with E-state index in [1.807, 2.05) is 31.2 Å². The quantitative estimate of drug-likeness (QED) is 0.599. The summed E-state index contributed by atoms with van der Waals surface area (Å²) >= 11 is 0. The lowest BCUT2D eigenvalue weighted by atomic mass is 10.0. The van der Waals surface area contributed by atoms with Gasteiger partial charge in [0, 0.05) is 0 Å². The van der Waals surface area contributed by atoms with Gasteiger partial charge in [-0.25, -0.2) is 0 Å². The third-order valence-electron chi connectivity index (χ3n) is 3.54. The summed E-state index contributed by atoms with van der Waals surface area (Å²) in [4.78, 5) is 11.9. The number of nitrogens with zero attached hydrogens (tertiary/aromatic N) is 1. The Morgan fingerprint density at radius 2 is 1.64 bits per heavy atom. The van der Waals surface area contributed by atoms with Gasteiger partial charge < -0.3 is 4.74 Å². The molecule has 0 aliphatic carbocycles. The number of carbonyl (C=O) groups is 1. The maximum Gasteiger partial charge on any atom is 0.314 e. The van der Waals surface area contributed by atoms with Crippen LogP contribution in [0, 0.1) is 17.2 Å².